The number of likely N-dealkylation sites (tertiary alicyclic amines) is 1. The van der Waals surface area contributed by atoms with E-state index in [4.69, 9.17) is 14.6 Å². The van der Waals surface area contributed by atoms with Crippen LogP contribution in [-0.2, 0) is 25.5 Å². The maximum Gasteiger partial charge on any atom is 0.314 e. The van der Waals surface area contributed by atoms with Crippen LogP contribution in [-0.4, -0.2) is 69.7 Å². The van der Waals surface area contributed by atoms with E-state index in [1.54, 1.807) is 17.0 Å². The number of carboxylic acid groups (broad SMARTS) is 2. The lowest BCUT2D eigenvalue weighted by molar-refractivity contribution is -0.160. The second kappa shape index (κ2) is 9.04. The number of ether oxygens (including phenoxy) is 1. The molecule has 160 valence electrons. The number of carbonyl (C=O) groups is 3. The predicted molar refractivity (Wildman–Crippen MR) is 105 cm³/mol. The highest BCUT2D eigenvalue weighted by Crippen LogP contribution is 2.41. The molecular formula is C20H23N3O7. The zero-order valence-electron chi connectivity index (χ0n) is 16.2. The van der Waals surface area contributed by atoms with Crippen molar-refractivity contribution in [1.29, 1.82) is 0 Å². The molecule has 2 aliphatic heterocycles. The van der Waals surface area contributed by atoms with Gasteiger partial charge in [0.1, 0.15) is 11.1 Å². The fourth-order valence-corrected chi connectivity index (χ4v) is 4.10. The molecule has 0 unspecified atom stereocenters. The van der Waals surface area contributed by atoms with Crippen molar-refractivity contribution in [2.45, 2.75) is 19.3 Å². The third-order valence-electron chi connectivity index (χ3n) is 5.69. The number of nitrogens with one attached hydrogen (secondary N) is 1. The number of carboxylic acids is 1. The second-order valence-electron chi connectivity index (χ2n) is 7.41. The molecule has 0 radical (unpaired) electrons. The van der Waals surface area contributed by atoms with Gasteiger partial charge in [0.2, 0.25) is 5.91 Å². The highest BCUT2D eigenvalue weighted by molar-refractivity contribution is 5.81. The van der Waals surface area contributed by atoms with Gasteiger partial charge in [-0.15, -0.1) is 0 Å². The van der Waals surface area contributed by atoms with E-state index < -0.39 is 11.4 Å². The number of nitrogens with zero attached hydrogens (tertiary/aromatic N) is 2. The zero-order valence-corrected chi connectivity index (χ0v) is 16.2. The normalized spacial score (nSPS) is 22.7. The zero-order chi connectivity index (χ0) is 21.7. The monoisotopic (exact) mass is 417 g/mol. The summed E-state index contributed by atoms with van der Waals surface area (Å²) in [6.07, 6.45) is 0.983. The van der Waals surface area contributed by atoms with Gasteiger partial charge in [0.15, 0.2) is 0 Å². The Hall–Kier alpha value is -3.27. The van der Waals surface area contributed by atoms with Crippen LogP contribution in [0.1, 0.15) is 18.5 Å². The van der Waals surface area contributed by atoms with Crippen molar-refractivity contribution in [1.82, 2.24) is 14.9 Å². The van der Waals surface area contributed by atoms with Crippen LogP contribution >= 0.6 is 0 Å². The van der Waals surface area contributed by atoms with E-state index in [1.807, 2.05) is 12.1 Å². The molecule has 1 aromatic carbocycles. The van der Waals surface area contributed by atoms with Crippen LogP contribution in [0.5, 0.6) is 0 Å². The van der Waals surface area contributed by atoms with Gasteiger partial charge in [-0.25, -0.2) is 4.98 Å². The standard InChI is InChI=1S/C19H21N3O5.CH2O2/c23-16(22-9-12-7-8-27-11-19(12,10-22)18(25)26)6-5-15-17(24)21-14-4-2-1-3-13(14)20-15;2-1-3/h1-4,12H,5-11H2,(H,21,24)(H,25,26);1H,(H,2,3)/t12-,19+;/m0./s1. The molecular weight excluding hydrogens is 394 g/mol. The van der Waals surface area contributed by atoms with Crippen LogP contribution in [0.3, 0.4) is 0 Å². The molecule has 1 aromatic heterocycles. The van der Waals surface area contributed by atoms with Crippen LogP contribution in [0.2, 0.25) is 0 Å². The first-order valence-corrected chi connectivity index (χ1v) is 9.56. The number of hydrogen-bond acceptors (Lipinski definition) is 6. The minimum Gasteiger partial charge on any atom is -0.483 e. The first-order chi connectivity index (χ1) is 14.4. The number of aliphatic carboxylic acids is 1. The molecule has 0 saturated carbocycles. The number of aromatic amines is 1. The number of H-pyrrole nitrogens is 1. The van der Waals surface area contributed by atoms with Crippen molar-refractivity contribution in [2.75, 3.05) is 26.3 Å². The third-order valence-corrected chi connectivity index (χ3v) is 5.69. The maximum absolute atomic E-state index is 12.7. The van der Waals surface area contributed by atoms with Gasteiger partial charge in [-0.3, -0.25) is 19.2 Å². The van der Waals surface area contributed by atoms with E-state index in [0.29, 0.717) is 36.3 Å². The van der Waals surface area contributed by atoms with Crippen LogP contribution in [0.25, 0.3) is 11.0 Å². The number of benzene rings is 1. The van der Waals surface area contributed by atoms with Gasteiger partial charge in [0.25, 0.3) is 12.0 Å². The van der Waals surface area contributed by atoms with Gasteiger partial charge < -0.3 is 24.8 Å². The van der Waals surface area contributed by atoms with E-state index in [2.05, 4.69) is 9.97 Å². The second-order valence-corrected chi connectivity index (χ2v) is 7.41. The van der Waals surface area contributed by atoms with E-state index in [9.17, 15) is 19.5 Å². The van der Waals surface area contributed by atoms with Crippen molar-refractivity contribution in [3.05, 3.63) is 40.3 Å². The molecule has 0 spiro atoms. The number of aromatic nitrogens is 2. The molecule has 2 saturated heterocycles. The molecule has 4 rings (SSSR count). The topological polar surface area (TPSA) is 150 Å². The summed E-state index contributed by atoms with van der Waals surface area (Å²) in [7, 11) is 0. The van der Waals surface area contributed by atoms with Gasteiger partial charge in [0, 0.05) is 32.5 Å². The predicted octanol–water partition coefficient (Wildman–Crippen LogP) is 0.506. The molecule has 2 atom stereocenters. The summed E-state index contributed by atoms with van der Waals surface area (Å²) in [5, 5.41) is 16.6. The van der Waals surface area contributed by atoms with Crippen LogP contribution in [0.15, 0.2) is 29.1 Å². The third kappa shape index (κ3) is 4.18. The van der Waals surface area contributed by atoms with E-state index >= 15 is 0 Å². The lowest BCUT2D eigenvalue weighted by Gasteiger charge is -2.33. The summed E-state index contributed by atoms with van der Waals surface area (Å²) in [5.74, 6) is -1.15. The quantitative estimate of drug-likeness (QED) is 0.609. The largest absolute Gasteiger partial charge is 0.483 e. The molecule has 10 nitrogen and oxygen atoms in total. The number of aryl methyl sites for hydroxylation is 1. The first-order valence-electron chi connectivity index (χ1n) is 9.56. The molecule has 2 fully saturated rings. The van der Waals surface area contributed by atoms with Crippen LogP contribution in [0, 0.1) is 11.3 Å². The number of rotatable bonds is 4. The van der Waals surface area contributed by atoms with Gasteiger partial charge >= 0.3 is 5.97 Å². The molecule has 0 bridgehead atoms. The number of hydrogen-bond donors (Lipinski definition) is 3. The fraction of sp³-hybridized carbons (Fsp3) is 0.450. The molecule has 0 aliphatic carbocycles. The number of para-hydroxylation sites is 2. The van der Waals surface area contributed by atoms with Crippen molar-refractivity contribution in [3.63, 3.8) is 0 Å². The van der Waals surface area contributed by atoms with Gasteiger partial charge in [0.05, 0.1) is 17.6 Å². The minimum atomic E-state index is -1.01. The Bertz CT molecular complexity index is 1010. The van der Waals surface area contributed by atoms with Crippen molar-refractivity contribution < 1.29 is 29.3 Å². The molecule has 2 aromatic rings. The Kier molecular flexibility index (Phi) is 6.46. The SMILES string of the molecule is O=C(CCc1nc2ccccc2[nH]c1=O)N1C[C@@H]2CCOC[C@]2(C(=O)O)C1.O=CO. The molecule has 1 amide bonds. The Morgan fingerprint density at radius 2 is 2.10 bits per heavy atom. The summed E-state index contributed by atoms with van der Waals surface area (Å²) in [5.41, 5.74) is 0.340. The number of carbonyl (C=O) groups excluding carboxylic acids is 1. The Labute approximate surface area is 171 Å². The van der Waals surface area contributed by atoms with Crippen molar-refractivity contribution >= 4 is 29.4 Å². The molecule has 30 heavy (non-hydrogen) atoms. The minimum absolute atomic E-state index is 0.0881. The molecule has 3 N–H and O–H groups in total. The molecule has 2 aliphatic rings. The summed E-state index contributed by atoms with van der Waals surface area (Å²) in [6.45, 7) is 1.00. The fourth-order valence-electron chi connectivity index (χ4n) is 4.10. The Morgan fingerprint density at radius 3 is 2.80 bits per heavy atom. The number of amides is 1. The Balaban J connectivity index is 0.000000806. The summed E-state index contributed by atoms with van der Waals surface area (Å²) in [4.78, 5) is 53.7. The van der Waals surface area contributed by atoms with Gasteiger partial charge in [-0.2, -0.15) is 0 Å². The van der Waals surface area contributed by atoms with Gasteiger partial charge in [-0.1, -0.05) is 12.1 Å². The number of fused-ring (bicyclic) bond motifs is 2. The van der Waals surface area contributed by atoms with Crippen LogP contribution < -0.4 is 5.56 Å². The summed E-state index contributed by atoms with van der Waals surface area (Å²) >= 11 is 0. The van der Waals surface area contributed by atoms with E-state index in [0.717, 1.165) is 0 Å². The smallest absolute Gasteiger partial charge is 0.314 e. The summed E-state index contributed by atoms with van der Waals surface area (Å²) < 4.78 is 5.39. The molecule has 3 heterocycles. The first kappa shape index (κ1) is 21.4. The highest BCUT2D eigenvalue weighted by atomic mass is 16.5. The maximum atomic E-state index is 12.7. The van der Waals surface area contributed by atoms with E-state index in [1.165, 1.54) is 0 Å². The average Bonchev–Trinajstić information content (AvgIpc) is 3.14. The van der Waals surface area contributed by atoms with Crippen molar-refractivity contribution in [3.8, 4) is 0 Å². The Morgan fingerprint density at radius 1 is 1.37 bits per heavy atom. The molecule has 10 heteroatoms. The van der Waals surface area contributed by atoms with E-state index in [-0.39, 0.29) is 49.8 Å². The van der Waals surface area contributed by atoms with Crippen LogP contribution in [0.4, 0.5) is 0 Å². The highest BCUT2D eigenvalue weighted by Gasteiger charge is 2.55. The van der Waals surface area contributed by atoms with Crippen molar-refractivity contribution in [2.24, 2.45) is 11.3 Å². The summed E-state index contributed by atoms with van der Waals surface area (Å²) in [6, 6.07) is 7.23. The average molecular weight is 417 g/mol. The van der Waals surface area contributed by atoms with Gasteiger partial charge in [-0.05, 0) is 24.5 Å². The lowest BCUT2D eigenvalue weighted by atomic mass is 9.76. The lowest BCUT2D eigenvalue weighted by Crippen LogP contribution is -2.46.